The van der Waals surface area contributed by atoms with Gasteiger partial charge in [0.25, 0.3) is 5.91 Å². The van der Waals surface area contributed by atoms with E-state index in [0.29, 0.717) is 11.3 Å². The smallest absolute Gasteiger partial charge is 0.252 e. The highest BCUT2D eigenvalue weighted by Crippen LogP contribution is 2.35. The van der Waals surface area contributed by atoms with E-state index >= 15 is 0 Å². The largest absolute Gasteiger partial charge is 0.489 e. The van der Waals surface area contributed by atoms with Crippen LogP contribution in [-0.2, 0) is 6.54 Å². The number of rotatable bonds is 5. The molecule has 26 heavy (non-hydrogen) atoms. The van der Waals surface area contributed by atoms with E-state index in [0.717, 1.165) is 30.5 Å². The van der Waals surface area contributed by atoms with E-state index < -0.39 is 5.91 Å². The number of nitrogens with zero attached hydrogens (tertiary/aromatic N) is 1. The molecule has 1 amide bonds. The van der Waals surface area contributed by atoms with E-state index in [4.69, 9.17) is 10.5 Å². The lowest BCUT2D eigenvalue weighted by Crippen LogP contribution is -2.50. The molecule has 0 saturated carbocycles. The van der Waals surface area contributed by atoms with Crippen LogP contribution in [0.4, 0.5) is 0 Å². The minimum absolute atomic E-state index is 0.0327. The maximum atomic E-state index is 11.7. The van der Waals surface area contributed by atoms with Crippen LogP contribution >= 0.6 is 15.9 Å². The van der Waals surface area contributed by atoms with Crippen molar-refractivity contribution in [2.24, 2.45) is 11.1 Å². The zero-order chi connectivity index (χ0) is 18.7. The number of piperidine rings is 1. The molecule has 2 aromatic rings. The number of hydrogen-bond donors (Lipinski definition) is 1. The third kappa shape index (κ3) is 4.46. The van der Waals surface area contributed by atoms with Crippen molar-refractivity contribution < 1.29 is 9.53 Å². The lowest BCUT2D eigenvalue weighted by atomic mass is 9.81. The van der Waals surface area contributed by atoms with E-state index in [1.54, 1.807) is 6.07 Å². The number of benzene rings is 2. The lowest BCUT2D eigenvalue weighted by molar-refractivity contribution is -0.0116. The van der Waals surface area contributed by atoms with Crippen LogP contribution in [0.1, 0.15) is 36.2 Å². The molecule has 1 heterocycles. The predicted octanol–water partition coefficient (Wildman–Crippen LogP) is 4.23. The molecule has 1 aliphatic rings. The average Bonchev–Trinajstić information content (AvgIpc) is 2.59. The Morgan fingerprint density at radius 2 is 2.00 bits per heavy atom. The third-order valence-corrected chi connectivity index (χ3v) is 5.43. The van der Waals surface area contributed by atoms with Gasteiger partial charge in [-0.25, -0.2) is 0 Å². The van der Waals surface area contributed by atoms with Gasteiger partial charge in [0, 0.05) is 29.5 Å². The molecular weight excluding hydrogens is 392 g/mol. The van der Waals surface area contributed by atoms with Crippen LogP contribution in [0.15, 0.2) is 53.0 Å². The Morgan fingerprint density at radius 1 is 1.27 bits per heavy atom. The Morgan fingerprint density at radius 3 is 2.65 bits per heavy atom. The van der Waals surface area contributed by atoms with Crippen molar-refractivity contribution in [3.05, 3.63) is 64.1 Å². The Kier molecular flexibility index (Phi) is 5.68. The van der Waals surface area contributed by atoms with Crippen LogP contribution in [0.3, 0.4) is 0 Å². The number of ether oxygens (including phenoxy) is 1. The second-order valence-electron chi connectivity index (χ2n) is 7.58. The number of halogens is 1. The number of primary amides is 1. The summed E-state index contributed by atoms with van der Waals surface area (Å²) in [5, 5.41) is 0. The Hall–Kier alpha value is -1.85. The highest BCUT2D eigenvalue weighted by molar-refractivity contribution is 9.10. The Labute approximate surface area is 163 Å². The van der Waals surface area contributed by atoms with Crippen LogP contribution in [-0.4, -0.2) is 30.0 Å². The second-order valence-corrected chi connectivity index (χ2v) is 8.50. The first-order chi connectivity index (χ1) is 12.3. The fourth-order valence-corrected chi connectivity index (χ4v) is 3.95. The molecule has 0 unspecified atom stereocenters. The molecule has 0 radical (unpaired) electrons. The summed E-state index contributed by atoms with van der Waals surface area (Å²) in [6, 6.07) is 15.9. The molecule has 1 atom stereocenters. The van der Waals surface area contributed by atoms with Crippen LogP contribution in [0.5, 0.6) is 5.75 Å². The van der Waals surface area contributed by atoms with Gasteiger partial charge in [0.15, 0.2) is 0 Å². The number of carbonyl (C=O) groups excluding carboxylic acids is 1. The minimum atomic E-state index is -0.472. The van der Waals surface area contributed by atoms with Gasteiger partial charge in [0.1, 0.15) is 11.9 Å². The maximum Gasteiger partial charge on any atom is 0.252 e. The van der Waals surface area contributed by atoms with E-state index in [-0.39, 0.29) is 11.5 Å². The normalized spacial score (nSPS) is 19.9. The van der Waals surface area contributed by atoms with Gasteiger partial charge >= 0.3 is 0 Å². The molecule has 1 aliphatic heterocycles. The topological polar surface area (TPSA) is 55.6 Å². The van der Waals surface area contributed by atoms with E-state index in [2.05, 4.69) is 58.9 Å². The summed E-state index contributed by atoms with van der Waals surface area (Å²) in [5.41, 5.74) is 7.23. The SMILES string of the molecule is CC1(C)CN(Cc2ccccc2)CC[C@@H]1Oc1ccc(Br)cc1C(N)=O. The summed E-state index contributed by atoms with van der Waals surface area (Å²) in [7, 11) is 0. The average molecular weight is 417 g/mol. The first-order valence-electron chi connectivity index (χ1n) is 8.87. The summed E-state index contributed by atoms with van der Waals surface area (Å²) in [6.07, 6.45) is 0.947. The van der Waals surface area contributed by atoms with Crippen molar-refractivity contribution in [1.82, 2.24) is 4.90 Å². The predicted molar refractivity (Wildman–Crippen MR) is 107 cm³/mol. The van der Waals surface area contributed by atoms with Crippen molar-refractivity contribution in [2.45, 2.75) is 32.9 Å². The van der Waals surface area contributed by atoms with E-state index in [1.807, 2.05) is 18.2 Å². The molecule has 3 rings (SSSR count). The quantitative estimate of drug-likeness (QED) is 0.793. The zero-order valence-corrected chi connectivity index (χ0v) is 16.8. The first-order valence-corrected chi connectivity index (χ1v) is 9.67. The molecule has 0 aromatic heterocycles. The molecule has 2 aromatic carbocycles. The standard InChI is InChI=1S/C21H25BrN2O2/c1-21(2)14-24(13-15-6-4-3-5-7-15)11-10-19(21)26-18-9-8-16(22)12-17(18)20(23)25/h3-9,12,19H,10-11,13-14H2,1-2H3,(H2,23,25)/t19-/m0/s1. The van der Waals surface area contributed by atoms with Crippen LogP contribution in [0, 0.1) is 5.41 Å². The fraction of sp³-hybridized carbons (Fsp3) is 0.381. The van der Waals surface area contributed by atoms with Gasteiger partial charge in [-0.2, -0.15) is 0 Å². The van der Waals surface area contributed by atoms with Gasteiger partial charge in [-0.3, -0.25) is 9.69 Å². The van der Waals surface area contributed by atoms with Gasteiger partial charge in [-0.1, -0.05) is 60.1 Å². The van der Waals surface area contributed by atoms with Crippen LogP contribution in [0.2, 0.25) is 0 Å². The molecule has 5 heteroatoms. The van der Waals surface area contributed by atoms with Gasteiger partial charge in [0.05, 0.1) is 5.56 Å². The summed E-state index contributed by atoms with van der Waals surface area (Å²) in [5.74, 6) is 0.0934. The molecular formula is C21H25BrN2O2. The minimum Gasteiger partial charge on any atom is -0.489 e. The molecule has 0 bridgehead atoms. The maximum absolute atomic E-state index is 11.7. The summed E-state index contributed by atoms with van der Waals surface area (Å²) >= 11 is 3.38. The number of nitrogens with two attached hydrogens (primary N) is 1. The van der Waals surface area contributed by atoms with Crippen molar-refractivity contribution in [1.29, 1.82) is 0 Å². The fourth-order valence-electron chi connectivity index (χ4n) is 3.59. The second kappa shape index (κ2) is 7.80. The van der Waals surface area contributed by atoms with Crippen molar-refractivity contribution in [3.8, 4) is 5.75 Å². The van der Waals surface area contributed by atoms with E-state index in [9.17, 15) is 4.79 Å². The molecule has 1 saturated heterocycles. The third-order valence-electron chi connectivity index (χ3n) is 4.94. The summed E-state index contributed by atoms with van der Waals surface area (Å²) < 4.78 is 7.08. The Balaban J connectivity index is 1.70. The Bertz CT molecular complexity index is 777. The van der Waals surface area contributed by atoms with Gasteiger partial charge < -0.3 is 10.5 Å². The van der Waals surface area contributed by atoms with Crippen molar-refractivity contribution in [3.63, 3.8) is 0 Å². The van der Waals surface area contributed by atoms with Crippen molar-refractivity contribution in [2.75, 3.05) is 13.1 Å². The van der Waals surface area contributed by atoms with Crippen LogP contribution in [0.25, 0.3) is 0 Å². The van der Waals surface area contributed by atoms with E-state index in [1.165, 1.54) is 5.56 Å². The number of amides is 1. The number of hydrogen-bond acceptors (Lipinski definition) is 3. The first kappa shape index (κ1) is 18.9. The molecule has 0 spiro atoms. The number of carbonyl (C=O) groups is 1. The lowest BCUT2D eigenvalue weighted by Gasteiger charge is -2.44. The highest BCUT2D eigenvalue weighted by atomic mass is 79.9. The molecule has 2 N–H and O–H groups in total. The van der Waals surface area contributed by atoms with Gasteiger partial charge in [0.2, 0.25) is 0 Å². The zero-order valence-electron chi connectivity index (χ0n) is 15.2. The van der Waals surface area contributed by atoms with Gasteiger partial charge in [-0.15, -0.1) is 0 Å². The van der Waals surface area contributed by atoms with Crippen LogP contribution < -0.4 is 10.5 Å². The number of likely N-dealkylation sites (tertiary alicyclic amines) is 1. The molecule has 0 aliphatic carbocycles. The molecule has 4 nitrogen and oxygen atoms in total. The summed E-state index contributed by atoms with van der Waals surface area (Å²) in [4.78, 5) is 14.2. The molecule has 1 fully saturated rings. The monoisotopic (exact) mass is 416 g/mol. The van der Waals surface area contributed by atoms with Gasteiger partial charge in [-0.05, 0) is 30.2 Å². The molecule has 138 valence electrons. The van der Waals surface area contributed by atoms with Crippen molar-refractivity contribution >= 4 is 21.8 Å². The summed E-state index contributed by atoms with van der Waals surface area (Å²) in [6.45, 7) is 7.29. The highest BCUT2D eigenvalue weighted by Gasteiger charge is 2.38.